The van der Waals surface area contributed by atoms with Gasteiger partial charge in [0.15, 0.2) is 0 Å². The van der Waals surface area contributed by atoms with Gasteiger partial charge in [0.2, 0.25) is 0 Å². The van der Waals surface area contributed by atoms with Gasteiger partial charge in [-0.15, -0.1) is 0 Å². The smallest absolute Gasteiger partial charge is 0.0589 e. The van der Waals surface area contributed by atoms with E-state index in [2.05, 4.69) is 37.9 Å². The molecule has 0 bridgehead atoms. The molecule has 0 amide bonds. The maximum Gasteiger partial charge on any atom is 0.0589 e. The highest BCUT2D eigenvalue weighted by Crippen LogP contribution is 2.42. The van der Waals surface area contributed by atoms with E-state index in [9.17, 15) is 5.11 Å². The fourth-order valence-electron chi connectivity index (χ4n) is 4.37. The number of likely N-dealkylation sites (tertiary alicyclic amines) is 1. The fourth-order valence-corrected chi connectivity index (χ4v) is 4.37. The first kappa shape index (κ1) is 16.3. The van der Waals surface area contributed by atoms with Crippen molar-refractivity contribution in [1.29, 1.82) is 0 Å². The zero-order valence-corrected chi connectivity index (χ0v) is 13.9. The van der Waals surface area contributed by atoms with Crippen LogP contribution in [0.1, 0.15) is 53.4 Å². The van der Waals surface area contributed by atoms with Gasteiger partial charge in [0, 0.05) is 18.6 Å². The van der Waals surface area contributed by atoms with Gasteiger partial charge in [-0.2, -0.15) is 0 Å². The van der Waals surface area contributed by atoms with E-state index in [4.69, 9.17) is 0 Å². The molecule has 4 unspecified atom stereocenters. The zero-order chi connectivity index (χ0) is 14.8. The zero-order valence-electron chi connectivity index (χ0n) is 13.9. The second kappa shape index (κ2) is 6.76. The minimum atomic E-state index is 0.324. The summed E-state index contributed by atoms with van der Waals surface area (Å²) in [7, 11) is 0. The van der Waals surface area contributed by atoms with E-state index in [0.29, 0.717) is 30.0 Å². The summed E-state index contributed by atoms with van der Waals surface area (Å²) in [6, 6.07) is 1.03. The van der Waals surface area contributed by atoms with Gasteiger partial charge in [0.25, 0.3) is 0 Å². The summed E-state index contributed by atoms with van der Waals surface area (Å²) in [4.78, 5) is 2.55. The Morgan fingerprint density at radius 2 is 2.05 bits per heavy atom. The Labute approximate surface area is 125 Å². The molecule has 3 nitrogen and oxygen atoms in total. The molecule has 1 aliphatic heterocycles. The molecular weight excluding hydrogens is 248 g/mol. The summed E-state index contributed by atoms with van der Waals surface area (Å²) in [5.74, 6) is 1.40. The Hall–Kier alpha value is -0.120. The van der Waals surface area contributed by atoms with Gasteiger partial charge >= 0.3 is 0 Å². The van der Waals surface area contributed by atoms with Crippen LogP contribution in [0, 0.1) is 17.3 Å². The van der Waals surface area contributed by atoms with Crippen LogP contribution in [0.4, 0.5) is 0 Å². The quantitative estimate of drug-likeness (QED) is 0.786. The van der Waals surface area contributed by atoms with Crippen LogP contribution in [0.15, 0.2) is 0 Å². The van der Waals surface area contributed by atoms with Crippen LogP contribution >= 0.6 is 0 Å². The molecule has 1 saturated carbocycles. The first-order chi connectivity index (χ1) is 9.49. The molecule has 3 heteroatoms. The molecule has 2 fully saturated rings. The molecule has 0 aromatic carbocycles. The van der Waals surface area contributed by atoms with E-state index in [1.807, 2.05) is 0 Å². The lowest BCUT2D eigenvalue weighted by atomic mass is 9.84. The molecule has 4 atom stereocenters. The van der Waals surface area contributed by atoms with Crippen molar-refractivity contribution in [1.82, 2.24) is 10.2 Å². The predicted molar refractivity (Wildman–Crippen MR) is 84.8 cm³/mol. The minimum Gasteiger partial charge on any atom is -0.395 e. The summed E-state index contributed by atoms with van der Waals surface area (Å²) in [6.45, 7) is 13.1. The van der Waals surface area contributed by atoms with Crippen molar-refractivity contribution in [3.05, 3.63) is 0 Å². The molecule has 0 spiro atoms. The Morgan fingerprint density at radius 3 is 2.70 bits per heavy atom. The normalized spacial score (nSPS) is 37.6. The number of nitrogens with zero attached hydrogens (tertiary/aromatic N) is 1. The summed E-state index contributed by atoms with van der Waals surface area (Å²) in [5.41, 5.74) is 0.417. The highest BCUT2D eigenvalue weighted by Gasteiger charge is 2.43. The Kier molecular flexibility index (Phi) is 5.49. The van der Waals surface area contributed by atoms with Crippen molar-refractivity contribution in [2.75, 3.05) is 26.2 Å². The standard InChI is InChI=1S/C17H34N2O/c1-5-9-18-16-14(6-8-17(16,3)4)11-19-10-7-13(2)15(19)12-20/h13-16,18,20H,5-12H2,1-4H3. The van der Waals surface area contributed by atoms with Gasteiger partial charge in [0.05, 0.1) is 6.61 Å². The molecule has 118 valence electrons. The first-order valence-electron chi connectivity index (χ1n) is 8.58. The second-order valence-corrected chi connectivity index (χ2v) is 7.73. The van der Waals surface area contributed by atoms with E-state index in [1.54, 1.807) is 0 Å². The molecule has 0 radical (unpaired) electrons. The second-order valence-electron chi connectivity index (χ2n) is 7.73. The van der Waals surface area contributed by atoms with Crippen molar-refractivity contribution < 1.29 is 5.11 Å². The van der Waals surface area contributed by atoms with Gasteiger partial charge in [-0.05, 0) is 56.0 Å². The van der Waals surface area contributed by atoms with E-state index < -0.39 is 0 Å². The van der Waals surface area contributed by atoms with Crippen molar-refractivity contribution in [3.8, 4) is 0 Å². The van der Waals surface area contributed by atoms with Gasteiger partial charge in [-0.3, -0.25) is 4.90 Å². The Morgan fingerprint density at radius 1 is 1.30 bits per heavy atom. The van der Waals surface area contributed by atoms with Gasteiger partial charge in [0.1, 0.15) is 0 Å². The predicted octanol–water partition coefficient (Wildman–Crippen LogP) is 2.49. The topological polar surface area (TPSA) is 35.5 Å². The number of hydrogen-bond donors (Lipinski definition) is 2. The number of aliphatic hydroxyl groups excluding tert-OH is 1. The SMILES string of the molecule is CCCNC1C(CN2CCC(C)C2CO)CCC1(C)C. The highest BCUT2D eigenvalue weighted by molar-refractivity contribution is 4.98. The average molecular weight is 282 g/mol. The van der Waals surface area contributed by atoms with E-state index in [1.165, 1.54) is 38.8 Å². The van der Waals surface area contributed by atoms with Crippen LogP contribution in [0.5, 0.6) is 0 Å². The number of nitrogens with one attached hydrogen (secondary N) is 1. The van der Waals surface area contributed by atoms with E-state index >= 15 is 0 Å². The number of aliphatic hydroxyl groups is 1. The van der Waals surface area contributed by atoms with Crippen LogP contribution < -0.4 is 5.32 Å². The maximum atomic E-state index is 9.63. The molecule has 2 aliphatic rings. The molecular formula is C17H34N2O. The van der Waals surface area contributed by atoms with Gasteiger partial charge in [-0.1, -0.05) is 27.7 Å². The Balaban J connectivity index is 1.97. The summed E-state index contributed by atoms with van der Waals surface area (Å²) in [6.07, 6.45) is 5.11. The molecule has 2 N–H and O–H groups in total. The van der Waals surface area contributed by atoms with E-state index in [0.717, 1.165) is 12.5 Å². The summed E-state index contributed by atoms with van der Waals surface area (Å²) in [5, 5.41) is 13.4. The third-order valence-electron chi connectivity index (χ3n) is 5.74. The molecule has 1 heterocycles. The molecule has 20 heavy (non-hydrogen) atoms. The molecule has 1 saturated heterocycles. The molecule has 1 aliphatic carbocycles. The monoisotopic (exact) mass is 282 g/mol. The number of hydrogen-bond acceptors (Lipinski definition) is 3. The summed E-state index contributed by atoms with van der Waals surface area (Å²) < 4.78 is 0. The van der Waals surface area contributed by atoms with Gasteiger partial charge < -0.3 is 10.4 Å². The molecule has 0 aromatic rings. The molecule has 0 aromatic heterocycles. The minimum absolute atomic E-state index is 0.324. The van der Waals surface area contributed by atoms with E-state index in [-0.39, 0.29) is 0 Å². The number of rotatable bonds is 6. The lowest BCUT2D eigenvalue weighted by Gasteiger charge is -2.35. The van der Waals surface area contributed by atoms with Crippen molar-refractivity contribution in [2.24, 2.45) is 17.3 Å². The largest absolute Gasteiger partial charge is 0.395 e. The maximum absolute atomic E-state index is 9.63. The summed E-state index contributed by atoms with van der Waals surface area (Å²) >= 11 is 0. The van der Waals surface area contributed by atoms with Crippen molar-refractivity contribution in [2.45, 2.75) is 65.5 Å². The lowest BCUT2D eigenvalue weighted by molar-refractivity contribution is 0.113. The molecule has 2 rings (SSSR count). The average Bonchev–Trinajstić information content (AvgIpc) is 2.89. The van der Waals surface area contributed by atoms with Gasteiger partial charge in [-0.25, -0.2) is 0 Å². The third kappa shape index (κ3) is 3.37. The van der Waals surface area contributed by atoms with Crippen LogP contribution in [0.25, 0.3) is 0 Å². The van der Waals surface area contributed by atoms with Crippen molar-refractivity contribution >= 4 is 0 Å². The lowest BCUT2D eigenvalue weighted by Crippen LogP contribution is -2.47. The van der Waals surface area contributed by atoms with Crippen molar-refractivity contribution in [3.63, 3.8) is 0 Å². The third-order valence-corrected chi connectivity index (χ3v) is 5.74. The highest BCUT2D eigenvalue weighted by atomic mass is 16.3. The van der Waals surface area contributed by atoms with Crippen LogP contribution in [-0.2, 0) is 0 Å². The van der Waals surface area contributed by atoms with Crippen LogP contribution in [0.3, 0.4) is 0 Å². The Bertz CT molecular complexity index is 305. The fraction of sp³-hybridized carbons (Fsp3) is 1.00. The van der Waals surface area contributed by atoms with Crippen LogP contribution in [-0.4, -0.2) is 48.3 Å². The first-order valence-corrected chi connectivity index (χ1v) is 8.58. The van der Waals surface area contributed by atoms with Crippen LogP contribution in [0.2, 0.25) is 0 Å².